The Kier molecular flexibility index (Phi) is 18.2. The molecule has 0 atom stereocenters. The molecule has 180 valence electrons. The predicted molar refractivity (Wildman–Crippen MR) is 134 cm³/mol. The molecule has 0 N–H and O–H groups in total. The summed E-state index contributed by atoms with van der Waals surface area (Å²) in [7, 11) is -0.202. The molecule has 0 bridgehead atoms. The van der Waals surface area contributed by atoms with Gasteiger partial charge in [0.1, 0.15) is 0 Å². The van der Waals surface area contributed by atoms with Gasteiger partial charge >= 0.3 is 36.0 Å². The van der Waals surface area contributed by atoms with Gasteiger partial charge in [0.05, 0.1) is 0 Å². The van der Waals surface area contributed by atoms with Gasteiger partial charge in [0, 0.05) is 11.3 Å². The molecule has 0 nitrogen and oxygen atoms in total. The molecule has 0 spiro atoms. The summed E-state index contributed by atoms with van der Waals surface area (Å²) in [4.78, 5) is 0. The Bertz CT molecular complexity index is 388. The molecule has 0 saturated heterocycles. The number of hydrogen-bond donors (Lipinski definition) is 0. The van der Waals surface area contributed by atoms with Crippen LogP contribution in [0.15, 0.2) is 0 Å². The van der Waals surface area contributed by atoms with E-state index in [4.69, 9.17) is 0 Å². The molecule has 31 heavy (non-hydrogen) atoms. The molecule has 10 radical (unpaired) electrons. The molecule has 2 fully saturated rings. The SMILES string of the molecule is CC(C)(C)P([C]1[CH][CH][CH][CH]1)C(C)(C)C.CC(C)(C)P([C]1[CH][CH][CH][CH]1)C(C)(C)C.[Br-].[Ni+2].[Ru+2]. The Morgan fingerprint density at radius 3 is 0.742 bits per heavy atom. The van der Waals surface area contributed by atoms with Crippen molar-refractivity contribution in [3.63, 3.8) is 0 Å². The van der Waals surface area contributed by atoms with E-state index in [1.165, 1.54) is 0 Å². The predicted octanol–water partition coefficient (Wildman–Crippen LogP) is 5.86. The Morgan fingerprint density at radius 1 is 0.452 bits per heavy atom. The molecule has 0 aromatic rings. The van der Waals surface area contributed by atoms with Crippen molar-refractivity contribution >= 4 is 15.8 Å². The van der Waals surface area contributed by atoms with Gasteiger partial charge in [-0.25, -0.2) is 0 Å². The zero-order chi connectivity index (χ0) is 22.0. The van der Waals surface area contributed by atoms with E-state index in [1.54, 1.807) is 11.3 Å². The number of halogens is 1. The second-order valence-corrected chi connectivity index (χ2v) is 19.4. The molecule has 0 aromatic heterocycles. The number of hydrogen-bond acceptors (Lipinski definition) is 0. The molecule has 0 unspecified atom stereocenters. The summed E-state index contributed by atoms with van der Waals surface area (Å²) in [6, 6.07) is 0. The maximum atomic E-state index is 2.36. The Labute approximate surface area is 233 Å². The van der Waals surface area contributed by atoms with Crippen molar-refractivity contribution in [2.24, 2.45) is 0 Å². The van der Waals surface area contributed by atoms with Crippen molar-refractivity contribution in [3.8, 4) is 0 Å². The molecule has 0 heterocycles. The summed E-state index contributed by atoms with van der Waals surface area (Å²) in [5, 5.41) is 1.56. The normalized spacial score (nSPS) is 18.8. The van der Waals surface area contributed by atoms with Crippen molar-refractivity contribution in [2.75, 3.05) is 0 Å². The van der Waals surface area contributed by atoms with Crippen molar-refractivity contribution in [1.29, 1.82) is 0 Å². The van der Waals surface area contributed by atoms with Crippen molar-refractivity contribution in [3.05, 3.63) is 62.7 Å². The van der Waals surface area contributed by atoms with Crippen LogP contribution in [0.1, 0.15) is 83.1 Å². The van der Waals surface area contributed by atoms with E-state index < -0.39 is 0 Å². The summed E-state index contributed by atoms with van der Waals surface area (Å²) in [5.74, 6) is 0. The van der Waals surface area contributed by atoms with Crippen LogP contribution >= 0.6 is 15.8 Å². The van der Waals surface area contributed by atoms with Crippen LogP contribution in [0.5, 0.6) is 0 Å². The Balaban J connectivity index is -0.000000461. The van der Waals surface area contributed by atoms with E-state index in [0.717, 1.165) is 0 Å². The fourth-order valence-corrected chi connectivity index (χ4v) is 12.7. The molecule has 0 amide bonds. The second-order valence-electron chi connectivity index (χ2n) is 11.6. The Morgan fingerprint density at radius 2 is 0.613 bits per heavy atom. The molecule has 0 aromatic carbocycles. The minimum atomic E-state index is -0.101. The average Bonchev–Trinajstić information content (AvgIpc) is 3.06. The number of rotatable bonds is 2. The van der Waals surface area contributed by atoms with Gasteiger partial charge in [0.25, 0.3) is 0 Å². The van der Waals surface area contributed by atoms with E-state index in [9.17, 15) is 0 Å². The monoisotopic (exact) mass is 657 g/mol. The standard InChI is InChI=1S/2C13H22P.BrH.Ni.Ru/c2*1-12(2,3)14(13(4,5)6)11-9-7-8-10-11;;;/h2*7-10H,1-6H3;1H;;/q;;;2*+2/p-1. The van der Waals surface area contributed by atoms with Gasteiger partial charge < -0.3 is 17.0 Å². The topological polar surface area (TPSA) is 0 Å². The second kappa shape index (κ2) is 14.9. The fourth-order valence-electron chi connectivity index (χ4n) is 4.59. The zero-order valence-corrected chi connectivity index (χ0v) is 27.7. The smallest absolute Gasteiger partial charge is 1.00 e. The summed E-state index contributed by atoms with van der Waals surface area (Å²) >= 11 is 0. The Hall–Kier alpha value is 2.46. The third kappa shape index (κ3) is 12.8. The first-order chi connectivity index (χ1) is 12.5. The zero-order valence-electron chi connectivity index (χ0n) is 21.6. The van der Waals surface area contributed by atoms with Crippen LogP contribution in [-0.4, -0.2) is 20.6 Å². The van der Waals surface area contributed by atoms with Crippen LogP contribution in [-0.2, 0) is 36.0 Å². The van der Waals surface area contributed by atoms with Crippen molar-refractivity contribution in [1.82, 2.24) is 0 Å². The fraction of sp³-hybridized carbons (Fsp3) is 0.615. The molecular weight excluding hydrogens is 614 g/mol. The summed E-state index contributed by atoms with van der Waals surface area (Å²) in [6.45, 7) is 28.3. The van der Waals surface area contributed by atoms with E-state index in [0.29, 0.717) is 20.6 Å². The van der Waals surface area contributed by atoms with E-state index in [2.05, 4.69) is 134 Å². The van der Waals surface area contributed by atoms with Gasteiger partial charge in [-0.2, -0.15) is 0 Å². The van der Waals surface area contributed by atoms with Gasteiger partial charge in [-0.15, -0.1) is 0 Å². The maximum Gasteiger partial charge on any atom is 2.00 e. The van der Waals surface area contributed by atoms with Crippen LogP contribution in [0.3, 0.4) is 0 Å². The minimum absolute atomic E-state index is 0. The molecule has 5 heteroatoms. The summed E-state index contributed by atoms with van der Waals surface area (Å²) in [5.41, 5.74) is 3.08. The van der Waals surface area contributed by atoms with Crippen LogP contribution in [0, 0.1) is 62.7 Å². The first kappa shape index (κ1) is 38.0. The van der Waals surface area contributed by atoms with Crippen LogP contribution in [0.25, 0.3) is 0 Å². The van der Waals surface area contributed by atoms with Crippen molar-refractivity contribution < 1.29 is 53.0 Å². The first-order valence-electron chi connectivity index (χ1n) is 10.5. The third-order valence-electron chi connectivity index (χ3n) is 4.49. The van der Waals surface area contributed by atoms with Gasteiger partial charge in [-0.1, -0.05) is 98.9 Å². The molecule has 0 aliphatic heterocycles. The van der Waals surface area contributed by atoms with Crippen LogP contribution in [0.2, 0.25) is 0 Å². The molecule has 2 saturated carbocycles. The molecule has 2 aliphatic rings. The van der Waals surface area contributed by atoms with Gasteiger partial charge in [0.15, 0.2) is 0 Å². The van der Waals surface area contributed by atoms with Gasteiger partial charge in [-0.3, -0.25) is 0 Å². The van der Waals surface area contributed by atoms with E-state index >= 15 is 0 Å². The van der Waals surface area contributed by atoms with Gasteiger partial charge in [-0.05, 0) is 72.0 Å². The quantitative estimate of drug-likeness (QED) is 0.258. The molecular formula is C26H44BrNiP2Ru+3. The van der Waals surface area contributed by atoms with Crippen molar-refractivity contribution in [2.45, 2.75) is 104 Å². The minimum Gasteiger partial charge on any atom is -1.00 e. The van der Waals surface area contributed by atoms with Crippen LogP contribution < -0.4 is 17.0 Å². The molecule has 2 rings (SSSR count). The van der Waals surface area contributed by atoms with E-state index in [1.807, 2.05) is 0 Å². The maximum absolute atomic E-state index is 2.36. The average molecular weight is 658 g/mol. The van der Waals surface area contributed by atoms with E-state index in [-0.39, 0.29) is 68.8 Å². The van der Waals surface area contributed by atoms with Crippen LogP contribution in [0.4, 0.5) is 0 Å². The van der Waals surface area contributed by atoms with Gasteiger partial charge in [0.2, 0.25) is 0 Å². The summed E-state index contributed by atoms with van der Waals surface area (Å²) in [6.07, 6.45) is 17.7. The largest absolute Gasteiger partial charge is 2.00 e. The first-order valence-corrected chi connectivity index (χ1v) is 13.2. The molecule has 2 aliphatic carbocycles. The summed E-state index contributed by atoms with van der Waals surface area (Å²) < 4.78 is 0. The third-order valence-corrected chi connectivity index (χ3v) is 11.5.